The fourth-order valence-electron chi connectivity index (χ4n) is 4.24. The number of aliphatic hydroxyl groups excluding tert-OH is 3. The Bertz CT molecular complexity index is 833. The zero-order valence-corrected chi connectivity index (χ0v) is 16.3. The summed E-state index contributed by atoms with van der Waals surface area (Å²) < 4.78 is 11.8. The summed E-state index contributed by atoms with van der Waals surface area (Å²) in [5.41, 5.74) is 5.29. The molecule has 2 heterocycles. The molecule has 2 aliphatic rings. The van der Waals surface area contributed by atoms with Crippen molar-refractivity contribution in [2.24, 2.45) is 0 Å². The van der Waals surface area contributed by atoms with Crippen LogP contribution in [0.5, 0.6) is 0 Å². The molecule has 3 N–H and O–H groups in total. The van der Waals surface area contributed by atoms with Crippen LogP contribution in [0.15, 0.2) is 42.5 Å². The van der Waals surface area contributed by atoms with Crippen molar-refractivity contribution in [3.63, 3.8) is 0 Å². The number of ether oxygens (including phenoxy) is 2. The van der Waals surface area contributed by atoms with Crippen molar-refractivity contribution >= 4 is 0 Å². The lowest BCUT2D eigenvalue weighted by Crippen LogP contribution is -2.62. The van der Waals surface area contributed by atoms with E-state index < -0.39 is 30.2 Å². The van der Waals surface area contributed by atoms with Crippen molar-refractivity contribution in [1.82, 2.24) is 0 Å². The number of aliphatic hydroxyl groups is 3. The minimum atomic E-state index is -1.44. The lowest BCUT2D eigenvalue weighted by atomic mass is 9.86. The SMILES string of the molecule is CCCc1ccc(Cc2ccc3c(c2)[C@]2(OC3)O[C@H](C)[C@@H](O)[C@H](O)[C@H]2O)cc1. The van der Waals surface area contributed by atoms with Crippen LogP contribution in [-0.4, -0.2) is 39.7 Å². The summed E-state index contributed by atoms with van der Waals surface area (Å²) in [4.78, 5) is 0. The first-order valence-corrected chi connectivity index (χ1v) is 10.0. The predicted molar refractivity (Wildman–Crippen MR) is 105 cm³/mol. The maximum atomic E-state index is 10.7. The van der Waals surface area contributed by atoms with Gasteiger partial charge in [-0.05, 0) is 48.1 Å². The molecule has 4 rings (SSSR count). The highest BCUT2D eigenvalue weighted by Gasteiger charge is 2.57. The Labute approximate surface area is 165 Å². The summed E-state index contributed by atoms with van der Waals surface area (Å²) in [5, 5.41) is 31.0. The molecule has 2 aliphatic heterocycles. The second-order valence-corrected chi connectivity index (χ2v) is 7.94. The van der Waals surface area contributed by atoms with E-state index in [9.17, 15) is 15.3 Å². The van der Waals surface area contributed by atoms with E-state index in [-0.39, 0.29) is 0 Å². The van der Waals surface area contributed by atoms with Gasteiger partial charge < -0.3 is 24.8 Å². The standard InChI is InChI=1S/C23H28O5/c1-3-4-15-5-7-16(8-6-15)11-17-9-10-18-13-27-23(19(18)12-17)22(26)21(25)20(24)14(2)28-23/h5-10,12,14,20-22,24-26H,3-4,11,13H2,1-2H3/t14-,20-,21+,22-,23+/m1/s1. The normalized spacial score (nSPS) is 31.9. The van der Waals surface area contributed by atoms with Crippen LogP contribution in [0.3, 0.4) is 0 Å². The Morgan fingerprint density at radius 3 is 2.36 bits per heavy atom. The molecular formula is C23H28O5. The number of benzene rings is 2. The lowest BCUT2D eigenvalue weighted by molar-refractivity contribution is -0.362. The van der Waals surface area contributed by atoms with Gasteiger partial charge in [-0.1, -0.05) is 49.7 Å². The van der Waals surface area contributed by atoms with Crippen LogP contribution in [0.4, 0.5) is 0 Å². The second kappa shape index (κ2) is 7.58. The van der Waals surface area contributed by atoms with Gasteiger partial charge in [-0.15, -0.1) is 0 Å². The Morgan fingerprint density at radius 1 is 0.964 bits per heavy atom. The molecular weight excluding hydrogens is 356 g/mol. The zero-order valence-electron chi connectivity index (χ0n) is 16.3. The van der Waals surface area contributed by atoms with E-state index in [0.717, 1.165) is 36.0 Å². The van der Waals surface area contributed by atoms with E-state index in [2.05, 4.69) is 37.3 Å². The van der Waals surface area contributed by atoms with Crippen LogP contribution in [0.2, 0.25) is 0 Å². The summed E-state index contributed by atoms with van der Waals surface area (Å²) in [6.45, 7) is 4.15. The quantitative estimate of drug-likeness (QED) is 0.755. The molecule has 0 radical (unpaired) electrons. The van der Waals surface area contributed by atoms with Gasteiger partial charge in [-0.25, -0.2) is 0 Å². The summed E-state index contributed by atoms with van der Waals surface area (Å²) in [5.74, 6) is -1.44. The van der Waals surface area contributed by atoms with Crippen molar-refractivity contribution in [1.29, 1.82) is 0 Å². The third kappa shape index (κ3) is 3.27. The highest BCUT2D eigenvalue weighted by Crippen LogP contribution is 2.46. The summed E-state index contributed by atoms with van der Waals surface area (Å²) in [7, 11) is 0. The lowest BCUT2D eigenvalue weighted by Gasteiger charge is -2.45. The average Bonchev–Trinajstić information content (AvgIpc) is 3.05. The third-order valence-electron chi connectivity index (χ3n) is 5.87. The number of aryl methyl sites for hydroxylation is 1. The highest BCUT2D eigenvalue weighted by molar-refractivity contribution is 5.41. The molecule has 0 saturated carbocycles. The van der Waals surface area contributed by atoms with Crippen molar-refractivity contribution in [3.8, 4) is 0 Å². The van der Waals surface area contributed by atoms with Crippen LogP contribution in [0.1, 0.15) is 48.1 Å². The molecule has 150 valence electrons. The van der Waals surface area contributed by atoms with Crippen LogP contribution in [-0.2, 0) is 34.7 Å². The van der Waals surface area contributed by atoms with Gasteiger partial charge >= 0.3 is 0 Å². The molecule has 1 fully saturated rings. The van der Waals surface area contributed by atoms with E-state index in [1.165, 1.54) is 11.1 Å². The molecule has 5 heteroatoms. The Kier molecular flexibility index (Phi) is 5.29. The van der Waals surface area contributed by atoms with E-state index in [0.29, 0.717) is 6.61 Å². The number of rotatable bonds is 4. The Morgan fingerprint density at radius 2 is 1.64 bits per heavy atom. The molecule has 5 atom stereocenters. The maximum absolute atomic E-state index is 10.7. The van der Waals surface area contributed by atoms with E-state index in [1.807, 2.05) is 12.1 Å². The fraction of sp³-hybridized carbons (Fsp3) is 0.478. The molecule has 0 aliphatic carbocycles. The third-order valence-corrected chi connectivity index (χ3v) is 5.87. The van der Waals surface area contributed by atoms with Crippen molar-refractivity contribution in [2.45, 2.75) is 69.9 Å². The average molecular weight is 384 g/mol. The van der Waals surface area contributed by atoms with Crippen LogP contribution in [0, 0.1) is 0 Å². The van der Waals surface area contributed by atoms with Crippen LogP contribution in [0.25, 0.3) is 0 Å². The van der Waals surface area contributed by atoms with Gasteiger partial charge in [0.25, 0.3) is 0 Å². The van der Waals surface area contributed by atoms with Gasteiger partial charge in [0, 0.05) is 5.56 Å². The highest BCUT2D eigenvalue weighted by atomic mass is 16.7. The molecule has 28 heavy (non-hydrogen) atoms. The minimum Gasteiger partial charge on any atom is -0.388 e. The number of hydrogen-bond donors (Lipinski definition) is 3. The smallest absolute Gasteiger partial charge is 0.225 e. The van der Waals surface area contributed by atoms with Crippen molar-refractivity contribution in [3.05, 3.63) is 70.3 Å². The van der Waals surface area contributed by atoms with Gasteiger partial charge in [-0.2, -0.15) is 0 Å². The number of hydrogen-bond acceptors (Lipinski definition) is 5. The fourth-order valence-corrected chi connectivity index (χ4v) is 4.24. The topological polar surface area (TPSA) is 79.2 Å². The van der Waals surface area contributed by atoms with Crippen molar-refractivity contribution in [2.75, 3.05) is 0 Å². The predicted octanol–water partition coefficient (Wildman–Crippen LogP) is 2.41. The first kappa shape index (κ1) is 19.6. The Balaban J connectivity index is 1.62. The van der Waals surface area contributed by atoms with Gasteiger partial charge in [0.1, 0.15) is 18.3 Å². The van der Waals surface area contributed by atoms with E-state index in [1.54, 1.807) is 6.92 Å². The molecule has 0 aromatic heterocycles. The van der Waals surface area contributed by atoms with Crippen LogP contribution < -0.4 is 0 Å². The summed E-state index contributed by atoms with van der Waals surface area (Å²) in [6.07, 6.45) is -1.52. The second-order valence-electron chi connectivity index (χ2n) is 7.94. The molecule has 0 bridgehead atoms. The monoisotopic (exact) mass is 384 g/mol. The van der Waals surface area contributed by atoms with Gasteiger partial charge in [0.2, 0.25) is 5.79 Å². The molecule has 0 unspecified atom stereocenters. The molecule has 0 amide bonds. The Hall–Kier alpha value is -1.76. The van der Waals surface area contributed by atoms with Crippen molar-refractivity contribution < 1.29 is 24.8 Å². The molecule has 2 aromatic rings. The van der Waals surface area contributed by atoms with E-state index >= 15 is 0 Å². The molecule has 1 spiro atoms. The first-order chi connectivity index (χ1) is 13.4. The largest absolute Gasteiger partial charge is 0.388 e. The molecule has 5 nitrogen and oxygen atoms in total. The zero-order chi connectivity index (χ0) is 19.9. The number of fused-ring (bicyclic) bond motifs is 2. The van der Waals surface area contributed by atoms with Gasteiger partial charge in [-0.3, -0.25) is 0 Å². The molecule has 2 aromatic carbocycles. The van der Waals surface area contributed by atoms with Gasteiger partial charge in [0.15, 0.2) is 0 Å². The maximum Gasteiger partial charge on any atom is 0.225 e. The minimum absolute atomic E-state index is 0.300. The van der Waals surface area contributed by atoms with Gasteiger partial charge in [0.05, 0.1) is 12.7 Å². The summed E-state index contributed by atoms with van der Waals surface area (Å²) >= 11 is 0. The van der Waals surface area contributed by atoms with Crippen LogP contribution >= 0.6 is 0 Å². The van der Waals surface area contributed by atoms with E-state index in [4.69, 9.17) is 9.47 Å². The molecule has 1 saturated heterocycles. The first-order valence-electron chi connectivity index (χ1n) is 10.0. The summed E-state index contributed by atoms with van der Waals surface area (Å²) in [6, 6.07) is 14.7.